The number of rotatable bonds is 6. The second-order valence-electron chi connectivity index (χ2n) is 6.76. The summed E-state index contributed by atoms with van der Waals surface area (Å²) in [4.78, 5) is 30.9. The molecular formula is C24H18BrCl7O5S. The van der Waals surface area contributed by atoms with E-state index in [9.17, 15) is 14.4 Å². The maximum Gasteiger partial charge on any atom is 0.307 e. The monoisotopic (exact) mass is 742 g/mol. The lowest BCUT2D eigenvalue weighted by atomic mass is 10.2. The van der Waals surface area contributed by atoms with Crippen LogP contribution in [0.4, 0.5) is 0 Å². The first-order valence-electron chi connectivity index (χ1n) is 9.93. The lowest BCUT2D eigenvalue weighted by Crippen LogP contribution is -1.99. The normalized spacial score (nSPS) is 10.4. The van der Waals surface area contributed by atoms with Crippen molar-refractivity contribution in [3.63, 3.8) is 0 Å². The summed E-state index contributed by atoms with van der Waals surface area (Å²) in [5, 5.41) is 9.54. The topological polar surface area (TPSA) is 88.5 Å². The number of alkyl halides is 1. The number of carbonyl (C=O) groups is 3. The summed E-state index contributed by atoms with van der Waals surface area (Å²) in [6, 6.07) is 20.7. The van der Waals surface area contributed by atoms with Gasteiger partial charge >= 0.3 is 5.97 Å². The van der Waals surface area contributed by atoms with Gasteiger partial charge in [-0.3, -0.25) is 14.4 Å². The van der Waals surface area contributed by atoms with Gasteiger partial charge in [0.1, 0.15) is 4.83 Å². The summed E-state index contributed by atoms with van der Waals surface area (Å²) in [6.45, 7) is 0. The molecule has 0 spiro atoms. The van der Waals surface area contributed by atoms with E-state index in [1.165, 1.54) is 0 Å². The molecule has 0 fully saturated rings. The van der Waals surface area contributed by atoms with E-state index in [0.717, 1.165) is 16.7 Å². The van der Waals surface area contributed by atoms with Crippen LogP contribution < -0.4 is 0 Å². The van der Waals surface area contributed by atoms with Crippen molar-refractivity contribution >= 4 is 121 Å². The van der Waals surface area contributed by atoms with E-state index in [-0.39, 0.29) is 18.1 Å². The Morgan fingerprint density at radius 3 is 1.32 bits per heavy atom. The second kappa shape index (κ2) is 21.0. The van der Waals surface area contributed by atoms with Crippen LogP contribution in [0.15, 0.2) is 72.8 Å². The number of carbonyl (C=O) groups excluding carboxylic acids is 2. The molecule has 1 N–H and O–H groups in total. The minimum atomic E-state index is -1.67. The zero-order valence-corrected chi connectivity index (χ0v) is 26.6. The van der Waals surface area contributed by atoms with Crippen molar-refractivity contribution in [3.05, 3.63) is 105 Å². The number of carboxylic acids is 1. The van der Waals surface area contributed by atoms with Gasteiger partial charge in [-0.15, -0.1) is 0 Å². The van der Waals surface area contributed by atoms with Crippen molar-refractivity contribution in [2.24, 2.45) is 0 Å². The minimum absolute atomic E-state index is 0.0527. The molecule has 0 saturated heterocycles. The van der Waals surface area contributed by atoms with Crippen LogP contribution in [0.3, 0.4) is 0 Å². The van der Waals surface area contributed by atoms with Gasteiger partial charge in [-0.2, -0.15) is 0 Å². The van der Waals surface area contributed by atoms with Crippen LogP contribution in [0.5, 0.6) is 0 Å². The molecule has 3 aromatic carbocycles. The SMILES string of the molecule is O=C(Cl)C(Br)c1ccc(Cl)cc1.O=C(Cl)Cc1ccc(Cl)cc1.O=C(O)Cc1ccc(Cl)cc1.O=S(Cl)Cl. The zero-order chi connectivity index (χ0) is 29.3. The highest BCUT2D eigenvalue weighted by molar-refractivity contribution is 9.09. The summed E-state index contributed by atoms with van der Waals surface area (Å²) >= 11 is 30.5. The van der Waals surface area contributed by atoms with Gasteiger partial charge in [0.25, 0.3) is 0 Å². The lowest BCUT2D eigenvalue weighted by Gasteiger charge is -2.03. The van der Waals surface area contributed by atoms with E-state index in [0.29, 0.717) is 15.1 Å². The molecule has 0 saturated carbocycles. The Morgan fingerprint density at radius 2 is 1.03 bits per heavy atom. The van der Waals surface area contributed by atoms with Crippen molar-refractivity contribution in [2.75, 3.05) is 0 Å². The van der Waals surface area contributed by atoms with Gasteiger partial charge in [0.2, 0.25) is 19.7 Å². The molecule has 206 valence electrons. The number of aliphatic carboxylic acids is 1. The first-order chi connectivity index (χ1) is 17.7. The van der Waals surface area contributed by atoms with Crippen LogP contribution >= 0.6 is 95.3 Å². The van der Waals surface area contributed by atoms with E-state index in [1.807, 2.05) is 0 Å². The van der Waals surface area contributed by atoms with Gasteiger partial charge in [-0.1, -0.05) is 87.1 Å². The molecular weight excluding hydrogens is 728 g/mol. The van der Waals surface area contributed by atoms with Crippen LogP contribution in [-0.4, -0.2) is 25.8 Å². The highest BCUT2D eigenvalue weighted by Gasteiger charge is 2.13. The number of benzene rings is 3. The van der Waals surface area contributed by atoms with Gasteiger partial charge in [-0.05, 0) is 76.3 Å². The number of carboxylic acid groups (broad SMARTS) is 1. The fraction of sp³-hybridized carbons (Fsp3) is 0.125. The van der Waals surface area contributed by atoms with Crippen molar-refractivity contribution < 1.29 is 23.7 Å². The van der Waals surface area contributed by atoms with Gasteiger partial charge in [0.05, 0.1) is 6.42 Å². The largest absolute Gasteiger partial charge is 0.481 e. The Bertz CT molecular complexity index is 1120. The predicted molar refractivity (Wildman–Crippen MR) is 163 cm³/mol. The summed E-state index contributed by atoms with van der Waals surface area (Å²) in [5.41, 5.74) is 2.45. The van der Waals surface area contributed by atoms with Crippen LogP contribution in [-0.2, 0) is 36.5 Å². The number of hydrogen-bond acceptors (Lipinski definition) is 4. The number of halogens is 8. The highest BCUT2D eigenvalue weighted by atomic mass is 79.9. The van der Waals surface area contributed by atoms with E-state index < -0.39 is 25.3 Å². The lowest BCUT2D eigenvalue weighted by molar-refractivity contribution is -0.136. The van der Waals surface area contributed by atoms with Gasteiger partial charge in [0.15, 0.2) is 0 Å². The number of hydrogen-bond donors (Lipinski definition) is 1. The molecule has 14 heteroatoms. The Kier molecular flexibility index (Phi) is 20.5. The maximum absolute atomic E-state index is 10.7. The summed E-state index contributed by atoms with van der Waals surface area (Å²) in [5.74, 6) is -0.827. The molecule has 0 heterocycles. The highest BCUT2D eigenvalue weighted by Crippen LogP contribution is 2.26. The summed E-state index contributed by atoms with van der Waals surface area (Å²) in [6.07, 6.45) is 0.315. The Hall–Kier alpha value is -0.870. The van der Waals surface area contributed by atoms with E-state index in [2.05, 4.69) is 37.3 Å². The first kappa shape index (κ1) is 37.1. The van der Waals surface area contributed by atoms with Crippen molar-refractivity contribution in [1.82, 2.24) is 0 Å². The Labute approximate surface area is 264 Å². The molecule has 1 unspecified atom stereocenters. The molecule has 0 aliphatic heterocycles. The third-order valence-electron chi connectivity index (χ3n) is 3.89. The third-order valence-corrected chi connectivity index (χ3v) is 6.20. The first-order valence-corrected chi connectivity index (χ1v) is 15.5. The predicted octanol–water partition coefficient (Wildman–Crippen LogP) is 9.20. The van der Waals surface area contributed by atoms with Crippen LogP contribution in [0.25, 0.3) is 0 Å². The van der Waals surface area contributed by atoms with E-state index >= 15 is 0 Å². The third kappa shape index (κ3) is 20.1. The Balaban J connectivity index is 0.000000505. The molecule has 1 atom stereocenters. The molecule has 0 radical (unpaired) electrons. The van der Waals surface area contributed by atoms with Gasteiger partial charge < -0.3 is 5.11 Å². The molecule has 3 aromatic rings. The van der Waals surface area contributed by atoms with Crippen LogP contribution in [0.1, 0.15) is 21.5 Å². The zero-order valence-electron chi connectivity index (χ0n) is 18.9. The maximum atomic E-state index is 10.7. The van der Waals surface area contributed by atoms with E-state index in [4.69, 9.17) is 67.3 Å². The average Bonchev–Trinajstić information content (AvgIpc) is 2.82. The van der Waals surface area contributed by atoms with Crippen molar-refractivity contribution in [1.29, 1.82) is 0 Å². The smallest absolute Gasteiger partial charge is 0.307 e. The molecule has 3 rings (SSSR count). The molecule has 0 aromatic heterocycles. The molecule has 0 amide bonds. The van der Waals surface area contributed by atoms with Crippen molar-refractivity contribution in [3.8, 4) is 0 Å². The van der Waals surface area contributed by atoms with Gasteiger partial charge in [-0.25, -0.2) is 4.21 Å². The fourth-order valence-electron chi connectivity index (χ4n) is 2.30. The van der Waals surface area contributed by atoms with Crippen LogP contribution in [0, 0.1) is 0 Å². The average molecular weight is 747 g/mol. The summed E-state index contributed by atoms with van der Waals surface area (Å²) < 4.78 is 9.09. The van der Waals surface area contributed by atoms with E-state index in [1.54, 1.807) is 72.8 Å². The Morgan fingerprint density at radius 1 is 0.711 bits per heavy atom. The van der Waals surface area contributed by atoms with Crippen LogP contribution in [0.2, 0.25) is 15.1 Å². The molecule has 38 heavy (non-hydrogen) atoms. The quantitative estimate of drug-likeness (QED) is 0.201. The molecule has 0 aliphatic rings. The molecule has 0 aliphatic carbocycles. The van der Waals surface area contributed by atoms with Gasteiger partial charge in [0, 0.05) is 42.9 Å². The molecule has 5 nitrogen and oxygen atoms in total. The standard InChI is InChI=1S/C8H5BrCl2O.C8H6Cl2O.C8H7ClO2.Cl2OS/c9-7(8(11)12)5-1-3-6(10)4-2-5;2*9-7-3-1-6(2-4-7)5-8(10)11;1-4(2)3/h1-4,7H;1-4H,5H2;1-4H,5H2,(H,10,11);. The van der Waals surface area contributed by atoms with Crippen molar-refractivity contribution in [2.45, 2.75) is 17.7 Å². The summed E-state index contributed by atoms with van der Waals surface area (Å²) in [7, 11) is 7.36. The fourth-order valence-corrected chi connectivity index (χ4v) is 3.27. The second-order valence-corrected chi connectivity index (χ2v) is 12.3. The minimum Gasteiger partial charge on any atom is -0.481 e. The molecule has 0 bridgehead atoms.